The summed E-state index contributed by atoms with van der Waals surface area (Å²) >= 11 is 0. The molecule has 1 aliphatic carbocycles. The van der Waals surface area contributed by atoms with Crippen LogP contribution in [0.1, 0.15) is 112 Å². The highest BCUT2D eigenvalue weighted by molar-refractivity contribution is 5.74. The molecule has 2 unspecified atom stereocenters. The predicted octanol–water partition coefficient (Wildman–Crippen LogP) is 12.6. The maximum absolute atomic E-state index is 11.2. The van der Waals surface area contributed by atoms with Crippen molar-refractivity contribution in [2.75, 3.05) is 7.11 Å². The molecule has 0 spiro atoms. The minimum Gasteiger partial charge on any atom is -0.497 e. The molecule has 0 bridgehead atoms. The molecule has 0 amide bonds. The topological polar surface area (TPSA) is 105 Å². The van der Waals surface area contributed by atoms with Crippen LogP contribution in [0.25, 0.3) is 0 Å². The smallest absolute Gasteiger partial charge is 0.308 e. The zero-order valence-electron chi connectivity index (χ0n) is 38.2. The van der Waals surface area contributed by atoms with Gasteiger partial charge in [-0.2, -0.15) is 0 Å². The van der Waals surface area contributed by atoms with E-state index in [1.165, 1.54) is 52.2 Å². The van der Waals surface area contributed by atoms with Gasteiger partial charge >= 0.3 is 17.9 Å². The number of rotatable bonds is 6. The van der Waals surface area contributed by atoms with Crippen molar-refractivity contribution in [1.82, 2.24) is 0 Å². The van der Waals surface area contributed by atoms with E-state index in [0.29, 0.717) is 11.7 Å². The quantitative estimate of drug-likeness (QED) is 0.123. The van der Waals surface area contributed by atoms with E-state index in [9.17, 15) is 19.2 Å². The normalized spacial score (nSPS) is 16.0. The molecular weight excluding hydrogens is 765 g/mol. The highest BCUT2D eigenvalue weighted by Crippen LogP contribution is 2.53. The average Bonchev–Trinajstić information content (AvgIpc) is 3.19. The molecule has 0 aliphatic heterocycles. The number of carbonyl (C=O) groups excluding carboxylic acids is 4. The van der Waals surface area contributed by atoms with E-state index in [4.69, 9.17) is 18.9 Å². The Balaban J connectivity index is 0.000000319. The zero-order valence-corrected chi connectivity index (χ0v) is 38.2. The first-order valence-corrected chi connectivity index (χ1v) is 20.6. The average molecular weight is 831 g/mol. The van der Waals surface area contributed by atoms with Gasteiger partial charge in [-0.3, -0.25) is 14.4 Å². The number of ether oxygens (including phenoxy) is 4. The Morgan fingerprint density at radius 1 is 0.541 bits per heavy atom. The molecule has 5 aromatic rings. The van der Waals surface area contributed by atoms with E-state index in [1.54, 1.807) is 19.2 Å². The number of hydrogen-bond acceptors (Lipinski definition) is 8. The van der Waals surface area contributed by atoms with Gasteiger partial charge in [-0.1, -0.05) is 145 Å². The van der Waals surface area contributed by atoms with Gasteiger partial charge in [-0.15, -0.1) is 0 Å². The Labute approximate surface area is 364 Å². The van der Waals surface area contributed by atoms with Gasteiger partial charge in [0.15, 0.2) is 11.5 Å². The largest absolute Gasteiger partial charge is 0.497 e. The molecule has 1 fully saturated rings. The van der Waals surface area contributed by atoms with Crippen LogP contribution in [0.15, 0.2) is 140 Å². The first-order chi connectivity index (χ1) is 28.7. The van der Waals surface area contributed by atoms with Gasteiger partial charge in [0.05, 0.1) is 7.11 Å². The van der Waals surface area contributed by atoms with Crippen LogP contribution in [-0.2, 0) is 30.0 Å². The van der Waals surface area contributed by atoms with Crippen LogP contribution in [0.5, 0.6) is 23.0 Å². The van der Waals surface area contributed by atoms with E-state index in [1.807, 2.05) is 112 Å². The maximum atomic E-state index is 11.2. The second kappa shape index (κ2) is 24.9. The molecule has 0 heterocycles. The standard InChI is InChI=1S/C24H30O3.C14H18O4.2C6H6.C3H6O/c1-17-14-23(3,4)16-24(15-17,19-6-10-21(26-5)11-7-19)20-8-12-22(13-9-20)27-18(2)25;1-9(15)17-12-7-6-11(14(3,4)5)8-13(12)18-10(2)16;2*1-2-4-6-5-3-1;1-3(2)4/h6-13,17H,14-16H2,1-5H3;6-8H,1-5H3;2*1-6H;1-2H3. The van der Waals surface area contributed by atoms with Crippen LogP contribution in [0.4, 0.5) is 0 Å². The molecule has 1 saturated carbocycles. The molecule has 0 radical (unpaired) electrons. The van der Waals surface area contributed by atoms with Gasteiger partial charge in [0.2, 0.25) is 0 Å². The summed E-state index contributed by atoms with van der Waals surface area (Å²) in [4.78, 5) is 42.7. The summed E-state index contributed by atoms with van der Waals surface area (Å²) in [5.74, 6) is 1.60. The van der Waals surface area contributed by atoms with Crippen LogP contribution in [-0.4, -0.2) is 30.8 Å². The highest BCUT2D eigenvalue weighted by atomic mass is 16.6. The summed E-state index contributed by atoms with van der Waals surface area (Å²) < 4.78 is 20.7. The number of carbonyl (C=O) groups is 4. The van der Waals surface area contributed by atoms with E-state index in [-0.39, 0.29) is 39.5 Å². The third kappa shape index (κ3) is 19.3. The van der Waals surface area contributed by atoms with Gasteiger partial charge in [0, 0.05) is 26.2 Å². The molecule has 2 atom stereocenters. The molecule has 8 heteroatoms. The Kier molecular flexibility index (Phi) is 20.9. The van der Waals surface area contributed by atoms with Gasteiger partial charge in [0.25, 0.3) is 0 Å². The van der Waals surface area contributed by atoms with E-state index in [0.717, 1.165) is 24.2 Å². The van der Waals surface area contributed by atoms with Crippen molar-refractivity contribution >= 4 is 23.7 Å². The highest BCUT2D eigenvalue weighted by Gasteiger charge is 2.45. The fourth-order valence-corrected chi connectivity index (χ4v) is 7.31. The summed E-state index contributed by atoms with van der Waals surface area (Å²) in [5, 5.41) is 0. The lowest BCUT2D eigenvalue weighted by Crippen LogP contribution is -2.41. The number of benzene rings is 5. The van der Waals surface area contributed by atoms with Crippen LogP contribution < -0.4 is 18.9 Å². The summed E-state index contributed by atoms with van der Waals surface area (Å²) in [6.45, 7) is 20.3. The SMILES string of the molecule is CC(=O)Oc1ccc(C(C)(C)C)cc1OC(C)=O.CC(C)=O.COc1ccc(C2(c3ccc(OC(C)=O)cc3)CC(C)CC(C)(C)C2)cc1.c1ccccc1.c1ccccc1. The van der Waals surface area contributed by atoms with Crippen molar-refractivity contribution in [3.63, 3.8) is 0 Å². The molecule has 0 saturated heterocycles. The lowest BCUT2D eigenvalue weighted by Gasteiger charge is -2.48. The van der Waals surface area contributed by atoms with Gasteiger partial charge < -0.3 is 23.7 Å². The first kappa shape index (κ1) is 51.1. The van der Waals surface area contributed by atoms with Crippen molar-refractivity contribution < 1.29 is 38.1 Å². The van der Waals surface area contributed by atoms with Crippen molar-refractivity contribution in [1.29, 1.82) is 0 Å². The number of hydrogen-bond donors (Lipinski definition) is 0. The zero-order chi connectivity index (χ0) is 45.6. The molecule has 6 rings (SSSR count). The van der Waals surface area contributed by atoms with Crippen molar-refractivity contribution in [2.45, 2.75) is 106 Å². The van der Waals surface area contributed by atoms with Crippen LogP contribution in [0, 0.1) is 11.3 Å². The maximum Gasteiger partial charge on any atom is 0.308 e. The summed E-state index contributed by atoms with van der Waals surface area (Å²) in [6.07, 6.45) is 3.43. The summed E-state index contributed by atoms with van der Waals surface area (Å²) in [6, 6.07) is 45.8. The fourth-order valence-electron chi connectivity index (χ4n) is 7.31. The molecule has 1 aliphatic rings. The number of esters is 3. The van der Waals surface area contributed by atoms with Crippen LogP contribution in [0.2, 0.25) is 0 Å². The van der Waals surface area contributed by atoms with Crippen molar-refractivity contribution in [3.05, 3.63) is 156 Å². The van der Waals surface area contributed by atoms with Crippen molar-refractivity contribution in [3.8, 4) is 23.0 Å². The minimum absolute atomic E-state index is 0.0534. The monoisotopic (exact) mass is 830 g/mol. The van der Waals surface area contributed by atoms with Gasteiger partial charge in [-0.25, -0.2) is 0 Å². The molecular formula is C53H66O8. The Hall–Kier alpha value is -6.02. The van der Waals surface area contributed by atoms with E-state index < -0.39 is 11.9 Å². The van der Waals surface area contributed by atoms with E-state index >= 15 is 0 Å². The second-order valence-corrected chi connectivity index (χ2v) is 17.1. The van der Waals surface area contributed by atoms with Crippen LogP contribution >= 0.6 is 0 Å². The predicted molar refractivity (Wildman–Crippen MR) is 245 cm³/mol. The number of Topliss-reactive ketones (excluding diaryl/α,β-unsaturated/α-hetero) is 1. The third-order valence-corrected chi connectivity index (χ3v) is 9.34. The Bertz CT molecular complexity index is 1980. The molecule has 5 aromatic carbocycles. The first-order valence-electron chi connectivity index (χ1n) is 20.6. The Morgan fingerprint density at radius 2 is 0.918 bits per heavy atom. The lowest BCUT2D eigenvalue weighted by molar-refractivity contribution is -0.134. The van der Waals surface area contributed by atoms with Crippen LogP contribution in [0.3, 0.4) is 0 Å². The van der Waals surface area contributed by atoms with Gasteiger partial charge in [0.1, 0.15) is 17.3 Å². The Morgan fingerprint density at radius 3 is 1.26 bits per heavy atom. The van der Waals surface area contributed by atoms with Gasteiger partial charge in [-0.05, 0) is 103 Å². The molecule has 61 heavy (non-hydrogen) atoms. The molecule has 8 nitrogen and oxygen atoms in total. The molecule has 326 valence electrons. The van der Waals surface area contributed by atoms with E-state index in [2.05, 4.69) is 57.2 Å². The molecule has 0 N–H and O–H groups in total. The summed E-state index contributed by atoms with van der Waals surface area (Å²) in [7, 11) is 1.70. The number of methoxy groups -OCH3 is 1. The minimum atomic E-state index is -0.452. The summed E-state index contributed by atoms with van der Waals surface area (Å²) in [5.41, 5.74) is 3.72. The third-order valence-electron chi connectivity index (χ3n) is 9.34. The van der Waals surface area contributed by atoms with Crippen molar-refractivity contribution in [2.24, 2.45) is 11.3 Å². The fraction of sp³-hybridized carbons (Fsp3) is 0.358. The lowest BCUT2D eigenvalue weighted by atomic mass is 9.55. The molecule has 0 aromatic heterocycles. The number of ketones is 1. The second-order valence-electron chi connectivity index (χ2n) is 17.1.